The van der Waals surface area contributed by atoms with Crippen molar-refractivity contribution in [1.29, 1.82) is 5.26 Å². The Bertz CT molecular complexity index is 1200. The molecule has 1 unspecified atom stereocenters. The van der Waals surface area contributed by atoms with Crippen LogP contribution in [0.1, 0.15) is 35.8 Å². The second kappa shape index (κ2) is 8.70. The lowest BCUT2D eigenvalue weighted by Gasteiger charge is -2.10. The summed E-state index contributed by atoms with van der Waals surface area (Å²) in [7, 11) is 0. The summed E-state index contributed by atoms with van der Waals surface area (Å²) >= 11 is 6.45. The number of fused-ring (bicyclic) bond motifs is 1. The van der Waals surface area contributed by atoms with Crippen molar-refractivity contribution in [3.8, 4) is 17.3 Å². The lowest BCUT2D eigenvalue weighted by molar-refractivity contribution is 0.0951. The Balaban J connectivity index is 1.72. The zero-order valence-corrected chi connectivity index (χ0v) is 17.9. The third kappa shape index (κ3) is 4.49. The van der Waals surface area contributed by atoms with E-state index in [0.717, 1.165) is 29.8 Å². The van der Waals surface area contributed by atoms with Gasteiger partial charge in [-0.1, -0.05) is 23.7 Å². The Hall–Kier alpha value is -3.50. The number of benzene rings is 1. The number of carbonyl (C=O) groups excluding carboxylic acids is 1. The number of nitrogens with one attached hydrogen (secondary N) is 2. The predicted octanol–water partition coefficient (Wildman–Crippen LogP) is 4.36. The first kappa shape index (κ1) is 20.8. The molecule has 1 saturated carbocycles. The molecular formula is C23H22ClN6O+. The fraction of sp³-hybridized carbons (Fsp3) is 0.261. The van der Waals surface area contributed by atoms with Crippen molar-refractivity contribution < 1.29 is 4.79 Å². The topological polar surface area (TPSA) is 95.1 Å². The van der Waals surface area contributed by atoms with Crippen LogP contribution in [0.5, 0.6) is 0 Å². The van der Waals surface area contributed by atoms with Crippen LogP contribution < -0.4 is 10.6 Å². The van der Waals surface area contributed by atoms with E-state index in [1.807, 2.05) is 35.7 Å². The van der Waals surface area contributed by atoms with Gasteiger partial charge in [0, 0.05) is 17.8 Å². The Morgan fingerprint density at radius 1 is 1.48 bits per heavy atom. The second-order valence-electron chi connectivity index (χ2n) is 7.50. The van der Waals surface area contributed by atoms with Crippen LogP contribution in [-0.2, 0) is 0 Å². The van der Waals surface area contributed by atoms with Gasteiger partial charge in [-0.15, -0.1) is 0 Å². The van der Waals surface area contributed by atoms with Crippen molar-refractivity contribution in [3.63, 3.8) is 0 Å². The van der Waals surface area contributed by atoms with Crippen molar-refractivity contribution in [1.82, 2.24) is 19.7 Å². The number of nitriles is 1. The molecule has 31 heavy (non-hydrogen) atoms. The van der Waals surface area contributed by atoms with E-state index in [9.17, 15) is 4.79 Å². The molecule has 4 rings (SSSR count). The maximum absolute atomic E-state index is 12.4. The molecule has 2 N–H and O–H groups in total. The number of imidazole rings is 1. The fourth-order valence-electron chi connectivity index (χ4n) is 3.21. The highest BCUT2D eigenvalue weighted by atomic mass is 35.5. The standard InChI is InChI=1S/C23H21ClN6O/c1-3-4-17-13-30-20(12-27-22(30)21(28-17)26-11-14(2)10-25)15-5-8-18(19(24)9-15)23(31)29-16-6-7-16/h3-5,8-9,12-14,16H,2,6-7,11H2,1H3,(H-,26,28,29,31)/p+1/b4-3+. The number of nitrogens with zero attached hydrogens (tertiary/aromatic N) is 4. The smallest absolute Gasteiger partial charge is 0.253 e. The Labute approximate surface area is 185 Å². The number of hydrogen-bond donors (Lipinski definition) is 2. The molecule has 1 amide bonds. The summed E-state index contributed by atoms with van der Waals surface area (Å²) in [4.78, 5) is 21.5. The van der Waals surface area contributed by atoms with Crippen LogP contribution >= 0.6 is 11.6 Å². The maximum Gasteiger partial charge on any atom is 0.253 e. The average molecular weight is 434 g/mol. The van der Waals surface area contributed by atoms with Gasteiger partial charge >= 0.3 is 0 Å². The highest BCUT2D eigenvalue weighted by Crippen LogP contribution is 2.29. The molecule has 1 aliphatic carbocycles. The summed E-state index contributed by atoms with van der Waals surface area (Å²) in [5.41, 5.74) is 3.47. The van der Waals surface area contributed by atoms with E-state index in [-0.39, 0.29) is 11.9 Å². The van der Waals surface area contributed by atoms with Gasteiger partial charge in [0.2, 0.25) is 0 Å². The Morgan fingerprint density at radius 3 is 2.97 bits per heavy atom. The molecule has 3 aromatic rings. The number of halogens is 1. The van der Waals surface area contributed by atoms with Gasteiger partial charge in [0.25, 0.3) is 5.91 Å². The van der Waals surface area contributed by atoms with E-state index in [2.05, 4.69) is 33.6 Å². The summed E-state index contributed by atoms with van der Waals surface area (Å²) in [5, 5.41) is 15.5. The quantitative estimate of drug-likeness (QED) is 0.540. The third-order valence-corrected chi connectivity index (χ3v) is 5.28. The van der Waals surface area contributed by atoms with Crippen LogP contribution in [0, 0.1) is 24.2 Å². The minimum Gasteiger partial charge on any atom is -0.361 e. The van der Waals surface area contributed by atoms with Gasteiger partial charge in [-0.3, -0.25) is 9.20 Å². The molecule has 2 heterocycles. The first-order valence-electron chi connectivity index (χ1n) is 10.1. The number of allylic oxidation sites excluding steroid dienone is 1. The van der Waals surface area contributed by atoms with Crippen LogP contribution in [0.25, 0.3) is 23.0 Å². The molecule has 1 aromatic carbocycles. The maximum atomic E-state index is 12.4. The van der Waals surface area contributed by atoms with Gasteiger partial charge in [0.1, 0.15) is 6.07 Å². The van der Waals surface area contributed by atoms with Crippen molar-refractivity contribution in [3.05, 3.63) is 59.9 Å². The zero-order chi connectivity index (χ0) is 22.0. The SMILES string of the molecule is [CH2+]C(C#N)CNc1nc(/C=C/C)cn2c(-c3ccc(C(=O)NC4CC4)c(Cl)c3)cnc12. The number of amides is 1. The van der Waals surface area contributed by atoms with Gasteiger partial charge in [-0.05, 0) is 38.0 Å². The molecule has 1 aliphatic rings. The van der Waals surface area contributed by atoms with Gasteiger partial charge < -0.3 is 10.6 Å². The summed E-state index contributed by atoms with van der Waals surface area (Å²) in [6.45, 7) is 6.05. The lowest BCUT2D eigenvalue weighted by atomic mass is 10.1. The number of aromatic nitrogens is 3. The summed E-state index contributed by atoms with van der Waals surface area (Å²) in [6.07, 6.45) is 9.45. The van der Waals surface area contributed by atoms with Gasteiger partial charge in [-0.2, -0.15) is 5.26 Å². The van der Waals surface area contributed by atoms with Crippen LogP contribution in [0.4, 0.5) is 5.82 Å². The van der Waals surface area contributed by atoms with Gasteiger partial charge in [0.15, 0.2) is 17.4 Å². The Kier molecular flexibility index (Phi) is 5.83. The van der Waals surface area contributed by atoms with Crippen LogP contribution in [-0.4, -0.2) is 32.9 Å². The fourth-order valence-corrected chi connectivity index (χ4v) is 3.47. The number of rotatable bonds is 7. The van der Waals surface area contributed by atoms with E-state index >= 15 is 0 Å². The average Bonchev–Trinajstić information content (AvgIpc) is 3.47. The van der Waals surface area contributed by atoms with Gasteiger partial charge in [0.05, 0.1) is 41.6 Å². The molecular weight excluding hydrogens is 412 g/mol. The normalized spacial score (nSPS) is 14.5. The molecule has 156 valence electrons. The van der Waals surface area contributed by atoms with Crippen molar-refractivity contribution in [2.45, 2.75) is 25.8 Å². The van der Waals surface area contributed by atoms with E-state index < -0.39 is 5.92 Å². The minimum atomic E-state index is -0.408. The third-order valence-electron chi connectivity index (χ3n) is 4.97. The summed E-state index contributed by atoms with van der Waals surface area (Å²) in [5.74, 6) is 0.00976. The molecule has 8 heteroatoms. The molecule has 0 bridgehead atoms. The Morgan fingerprint density at radius 2 is 2.29 bits per heavy atom. The number of carbonyl (C=O) groups is 1. The molecule has 0 aliphatic heterocycles. The first-order valence-corrected chi connectivity index (χ1v) is 10.5. The largest absolute Gasteiger partial charge is 0.361 e. The number of anilines is 1. The molecule has 1 fully saturated rings. The van der Waals surface area contributed by atoms with Crippen molar-refractivity contribution in [2.24, 2.45) is 5.92 Å². The molecule has 0 radical (unpaired) electrons. The summed E-state index contributed by atoms with van der Waals surface area (Å²) in [6, 6.07) is 7.74. The van der Waals surface area contributed by atoms with Crippen LogP contribution in [0.3, 0.4) is 0 Å². The number of hydrogen-bond acceptors (Lipinski definition) is 5. The predicted molar refractivity (Wildman–Crippen MR) is 122 cm³/mol. The molecule has 0 saturated heterocycles. The molecule has 0 spiro atoms. The first-order chi connectivity index (χ1) is 15.0. The monoisotopic (exact) mass is 433 g/mol. The van der Waals surface area contributed by atoms with E-state index in [1.54, 1.807) is 18.3 Å². The van der Waals surface area contributed by atoms with E-state index in [4.69, 9.17) is 16.9 Å². The van der Waals surface area contributed by atoms with Crippen molar-refractivity contribution in [2.75, 3.05) is 11.9 Å². The second-order valence-corrected chi connectivity index (χ2v) is 7.91. The molecule has 2 aromatic heterocycles. The molecule has 7 nitrogen and oxygen atoms in total. The highest BCUT2D eigenvalue weighted by molar-refractivity contribution is 6.34. The van der Waals surface area contributed by atoms with Crippen LogP contribution in [0.15, 0.2) is 36.7 Å². The lowest BCUT2D eigenvalue weighted by Crippen LogP contribution is -2.25. The molecule has 1 atom stereocenters. The summed E-state index contributed by atoms with van der Waals surface area (Å²) < 4.78 is 1.92. The van der Waals surface area contributed by atoms with Crippen LogP contribution in [0.2, 0.25) is 5.02 Å². The minimum absolute atomic E-state index is 0.150. The zero-order valence-electron chi connectivity index (χ0n) is 17.1. The van der Waals surface area contributed by atoms with E-state index in [1.165, 1.54) is 0 Å². The highest BCUT2D eigenvalue weighted by Gasteiger charge is 2.25. The van der Waals surface area contributed by atoms with Crippen molar-refractivity contribution >= 4 is 35.0 Å². The van der Waals surface area contributed by atoms with Gasteiger partial charge in [-0.25, -0.2) is 9.97 Å². The van der Waals surface area contributed by atoms with E-state index in [0.29, 0.717) is 28.6 Å².